The predicted molar refractivity (Wildman–Crippen MR) is 75.4 cm³/mol. The maximum absolute atomic E-state index is 9.05. The highest BCUT2D eigenvalue weighted by Crippen LogP contribution is 2.22. The molecular formula is C15H15N3O2. The van der Waals surface area contributed by atoms with Crippen molar-refractivity contribution in [2.75, 3.05) is 12.8 Å². The van der Waals surface area contributed by atoms with E-state index in [-0.39, 0.29) is 6.61 Å². The van der Waals surface area contributed by atoms with E-state index in [1.807, 2.05) is 13.0 Å². The molecule has 102 valence electrons. The van der Waals surface area contributed by atoms with Crippen molar-refractivity contribution < 1.29 is 9.47 Å². The average Bonchev–Trinajstić information content (AvgIpc) is 2.45. The first kappa shape index (κ1) is 13.7. The van der Waals surface area contributed by atoms with Crippen molar-refractivity contribution in [3.05, 3.63) is 47.3 Å². The molecule has 0 spiro atoms. The van der Waals surface area contributed by atoms with Gasteiger partial charge in [-0.05, 0) is 25.1 Å². The molecule has 0 bridgehead atoms. The zero-order chi connectivity index (χ0) is 14.5. The van der Waals surface area contributed by atoms with Crippen LogP contribution in [0.3, 0.4) is 0 Å². The fourth-order valence-corrected chi connectivity index (χ4v) is 1.81. The van der Waals surface area contributed by atoms with Crippen molar-refractivity contribution in [2.45, 2.75) is 13.5 Å². The first-order valence-corrected chi connectivity index (χ1v) is 6.06. The third kappa shape index (κ3) is 3.18. The topological polar surface area (TPSA) is 81.2 Å². The number of nitrogen functional groups attached to an aromatic ring is 1. The van der Waals surface area contributed by atoms with E-state index in [2.05, 4.69) is 11.1 Å². The lowest BCUT2D eigenvalue weighted by Gasteiger charge is -2.09. The summed E-state index contributed by atoms with van der Waals surface area (Å²) in [5, 5.41) is 9.05. The van der Waals surface area contributed by atoms with Crippen LogP contribution in [0.15, 0.2) is 30.3 Å². The lowest BCUT2D eigenvalue weighted by Crippen LogP contribution is -2.02. The number of nitriles is 1. The minimum absolute atomic E-state index is 0.261. The van der Waals surface area contributed by atoms with Gasteiger partial charge in [0.15, 0.2) is 0 Å². The number of anilines is 1. The Bertz CT molecular complexity index is 663. The van der Waals surface area contributed by atoms with Crippen LogP contribution < -0.4 is 15.2 Å². The molecule has 0 aliphatic carbocycles. The number of ether oxygens (including phenoxy) is 2. The molecule has 20 heavy (non-hydrogen) atoms. The predicted octanol–water partition coefficient (Wildman–Crippen LogP) is 2.43. The summed E-state index contributed by atoms with van der Waals surface area (Å²) >= 11 is 0. The first-order valence-electron chi connectivity index (χ1n) is 6.06. The normalized spacial score (nSPS) is 9.85. The number of aromatic nitrogens is 1. The molecule has 2 N–H and O–H groups in total. The zero-order valence-corrected chi connectivity index (χ0v) is 11.4. The molecule has 0 fully saturated rings. The highest BCUT2D eigenvalue weighted by atomic mass is 16.5. The van der Waals surface area contributed by atoms with Crippen molar-refractivity contribution in [1.82, 2.24) is 4.98 Å². The van der Waals surface area contributed by atoms with Crippen LogP contribution >= 0.6 is 0 Å². The van der Waals surface area contributed by atoms with Crippen LogP contribution in [0.1, 0.15) is 17.0 Å². The number of hydrogen-bond acceptors (Lipinski definition) is 5. The summed E-state index contributed by atoms with van der Waals surface area (Å²) < 4.78 is 10.8. The van der Waals surface area contributed by atoms with Gasteiger partial charge in [0.2, 0.25) is 0 Å². The smallest absolute Gasteiger partial charge is 0.137 e. The second-order valence-electron chi connectivity index (χ2n) is 4.30. The van der Waals surface area contributed by atoms with Gasteiger partial charge in [0, 0.05) is 23.5 Å². The van der Waals surface area contributed by atoms with Gasteiger partial charge < -0.3 is 15.2 Å². The monoisotopic (exact) mass is 269 g/mol. The lowest BCUT2D eigenvalue weighted by atomic mass is 10.2. The number of benzene rings is 1. The molecule has 0 unspecified atom stereocenters. The Labute approximate surface area is 117 Å². The molecular weight excluding hydrogens is 254 g/mol. The van der Waals surface area contributed by atoms with Gasteiger partial charge in [-0.25, -0.2) is 0 Å². The molecule has 0 saturated carbocycles. The summed E-state index contributed by atoms with van der Waals surface area (Å²) in [4.78, 5) is 4.36. The van der Waals surface area contributed by atoms with Gasteiger partial charge in [0.25, 0.3) is 0 Å². The molecule has 2 aromatic rings. The second-order valence-corrected chi connectivity index (χ2v) is 4.30. The molecule has 5 nitrogen and oxygen atoms in total. The number of pyridine rings is 1. The molecule has 0 radical (unpaired) electrons. The van der Waals surface area contributed by atoms with E-state index in [1.165, 1.54) is 0 Å². The number of nitrogens with two attached hydrogens (primary N) is 1. The molecule has 0 amide bonds. The van der Waals surface area contributed by atoms with Crippen molar-refractivity contribution in [2.24, 2.45) is 0 Å². The van der Waals surface area contributed by atoms with E-state index in [9.17, 15) is 0 Å². The highest BCUT2D eigenvalue weighted by molar-refractivity contribution is 5.53. The fraction of sp³-hybridized carbons (Fsp3) is 0.200. The maximum Gasteiger partial charge on any atom is 0.137 e. The summed E-state index contributed by atoms with van der Waals surface area (Å²) in [6.45, 7) is 2.15. The molecule has 5 heteroatoms. The van der Waals surface area contributed by atoms with Crippen LogP contribution in [-0.2, 0) is 6.61 Å². The van der Waals surface area contributed by atoms with Crippen LogP contribution in [-0.4, -0.2) is 12.1 Å². The van der Waals surface area contributed by atoms with Crippen LogP contribution in [0.4, 0.5) is 5.69 Å². The quantitative estimate of drug-likeness (QED) is 0.862. The van der Waals surface area contributed by atoms with E-state index < -0.39 is 0 Å². The van der Waals surface area contributed by atoms with Gasteiger partial charge in [-0.3, -0.25) is 4.98 Å². The zero-order valence-electron chi connectivity index (χ0n) is 11.4. The number of rotatable bonds is 4. The fourth-order valence-electron chi connectivity index (χ4n) is 1.81. The highest BCUT2D eigenvalue weighted by Gasteiger charge is 2.06. The Morgan fingerprint density at radius 3 is 2.80 bits per heavy atom. The SMILES string of the molecule is COc1cc(C)nc(COc2ccc(N)cc2C#N)c1. The molecule has 0 saturated heterocycles. The van der Waals surface area contributed by atoms with E-state index >= 15 is 0 Å². The molecule has 0 atom stereocenters. The number of hydrogen-bond donors (Lipinski definition) is 1. The third-order valence-electron chi connectivity index (χ3n) is 2.72. The Kier molecular flexibility index (Phi) is 4.06. The van der Waals surface area contributed by atoms with Crippen LogP contribution in [0, 0.1) is 18.3 Å². The molecule has 1 aromatic carbocycles. The summed E-state index contributed by atoms with van der Waals surface area (Å²) in [6.07, 6.45) is 0. The first-order chi connectivity index (χ1) is 9.62. The van der Waals surface area contributed by atoms with E-state index in [4.69, 9.17) is 20.5 Å². The second kappa shape index (κ2) is 5.93. The van der Waals surface area contributed by atoms with E-state index in [1.54, 1.807) is 31.4 Å². The standard InChI is InChI=1S/C15H15N3O2/c1-10-5-14(19-2)7-13(18-10)9-20-15-4-3-12(17)6-11(15)8-16/h3-7H,9,17H2,1-2H3. The number of aryl methyl sites for hydroxylation is 1. The Balaban J connectivity index is 2.17. The Morgan fingerprint density at radius 1 is 1.30 bits per heavy atom. The van der Waals surface area contributed by atoms with E-state index in [0.29, 0.717) is 17.0 Å². The number of methoxy groups -OCH3 is 1. The lowest BCUT2D eigenvalue weighted by molar-refractivity contribution is 0.299. The van der Waals surface area contributed by atoms with Crippen molar-refractivity contribution >= 4 is 5.69 Å². The van der Waals surface area contributed by atoms with Crippen molar-refractivity contribution in [3.8, 4) is 17.6 Å². The van der Waals surface area contributed by atoms with E-state index in [0.717, 1.165) is 17.1 Å². The number of nitrogens with zero attached hydrogens (tertiary/aromatic N) is 2. The van der Waals surface area contributed by atoms with Crippen LogP contribution in [0.25, 0.3) is 0 Å². The largest absolute Gasteiger partial charge is 0.497 e. The maximum atomic E-state index is 9.05. The van der Waals surface area contributed by atoms with Gasteiger partial charge >= 0.3 is 0 Å². The van der Waals surface area contributed by atoms with Crippen molar-refractivity contribution in [1.29, 1.82) is 5.26 Å². The Morgan fingerprint density at radius 2 is 2.10 bits per heavy atom. The average molecular weight is 269 g/mol. The summed E-state index contributed by atoms with van der Waals surface area (Å²) in [5.74, 6) is 1.22. The molecule has 0 aliphatic rings. The summed E-state index contributed by atoms with van der Waals surface area (Å²) in [7, 11) is 1.60. The van der Waals surface area contributed by atoms with Gasteiger partial charge in [-0.2, -0.15) is 5.26 Å². The van der Waals surface area contributed by atoms with Crippen molar-refractivity contribution in [3.63, 3.8) is 0 Å². The molecule has 1 aromatic heterocycles. The van der Waals surface area contributed by atoms with Gasteiger partial charge in [0.1, 0.15) is 24.2 Å². The van der Waals surface area contributed by atoms with Gasteiger partial charge in [0.05, 0.1) is 18.4 Å². The minimum atomic E-state index is 0.261. The minimum Gasteiger partial charge on any atom is -0.497 e. The summed E-state index contributed by atoms with van der Waals surface area (Å²) in [6, 6.07) is 10.7. The molecule has 0 aliphatic heterocycles. The summed E-state index contributed by atoms with van der Waals surface area (Å²) in [5.41, 5.74) is 8.16. The molecule has 2 rings (SSSR count). The molecule has 1 heterocycles. The Hall–Kier alpha value is -2.74. The van der Waals surface area contributed by atoms with Gasteiger partial charge in [-0.1, -0.05) is 0 Å². The van der Waals surface area contributed by atoms with Crippen LogP contribution in [0.5, 0.6) is 11.5 Å². The van der Waals surface area contributed by atoms with Gasteiger partial charge in [-0.15, -0.1) is 0 Å². The van der Waals surface area contributed by atoms with Crippen LogP contribution in [0.2, 0.25) is 0 Å². The third-order valence-corrected chi connectivity index (χ3v) is 2.72.